The van der Waals surface area contributed by atoms with Crippen molar-refractivity contribution in [2.24, 2.45) is 5.92 Å². The molecule has 1 aliphatic heterocycles. The van der Waals surface area contributed by atoms with Crippen LogP contribution in [-0.4, -0.2) is 56.1 Å². The molecule has 2 rings (SSSR count). The van der Waals surface area contributed by atoms with Crippen LogP contribution in [0.15, 0.2) is 30.3 Å². The van der Waals surface area contributed by atoms with E-state index in [0.29, 0.717) is 25.4 Å². The summed E-state index contributed by atoms with van der Waals surface area (Å²) in [6.45, 7) is 3.01. The molecule has 5 nitrogen and oxygen atoms in total. The highest BCUT2D eigenvalue weighted by atomic mass is 32.2. The normalized spacial score (nSPS) is 17.2. The first-order valence-corrected chi connectivity index (χ1v) is 12.3. The molecule has 0 bridgehead atoms. The maximum absolute atomic E-state index is 12.9. The average Bonchev–Trinajstić information content (AvgIpc) is 2.66. The molecule has 1 heterocycles. The lowest BCUT2D eigenvalue weighted by atomic mass is 9.90. The zero-order valence-electron chi connectivity index (χ0n) is 15.7. The second-order valence-corrected chi connectivity index (χ2v) is 9.84. The molecule has 7 heteroatoms. The predicted molar refractivity (Wildman–Crippen MR) is 109 cm³/mol. The van der Waals surface area contributed by atoms with Crippen LogP contribution < -0.4 is 4.72 Å². The number of piperidine rings is 1. The first-order valence-electron chi connectivity index (χ1n) is 9.26. The summed E-state index contributed by atoms with van der Waals surface area (Å²) >= 11 is 1.62. The Kier molecular flexibility index (Phi) is 8.44. The van der Waals surface area contributed by atoms with E-state index in [0.717, 1.165) is 25.0 Å². The number of carbonyl (C=O) groups is 1. The van der Waals surface area contributed by atoms with Crippen LogP contribution in [0, 0.1) is 5.92 Å². The van der Waals surface area contributed by atoms with Gasteiger partial charge in [-0.1, -0.05) is 30.3 Å². The summed E-state index contributed by atoms with van der Waals surface area (Å²) in [5.74, 6) is 1.26. The molecule has 1 aromatic carbocycles. The minimum absolute atomic E-state index is 0.00476. The predicted octanol–water partition coefficient (Wildman–Crippen LogP) is 2.53. The van der Waals surface area contributed by atoms with Gasteiger partial charge in [0.25, 0.3) is 0 Å². The Morgan fingerprint density at radius 1 is 1.27 bits per heavy atom. The Hall–Kier alpha value is -1.05. The lowest BCUT2D eigenvalue weighted by Gasteiger charge is -2.34. The summed E-state index contributed by atoms with van der Waals surface area (Å²) in [4.78, 5) is 14.7. The van der Waals surface area contributed by atoms with E-state index in [9.17, 15) is 13.2 Å². The molecule has 1 saturated heterocycles. The number of rotatable bonds is 9. The fraction of sp³-hybridized carbons (Fsp3) is 0.632. The number of sulfonamides is 1. The van der Waals surface area contributed by atoms with Crippen LogP contribution in [0.2, 0.25) is 0 Å². The van der Waals surface area contributed by atoms with Gasteiger partial charge in [0, 0.05) is 13.1 Å². The smallest absolute Gasteiger partial charge is 0.240 e. The Labute approximate surface area is 162 Å². The van der Waals surface area contributed by atoms with Crippen LogP contribution in [0.1, 0.15) is 31.7 Å². The van der Waals surface area contributed by atoms with Gasteiger partial charge >= 0.3 is 0 Å². The van der Waals surface area contributed by atoms with Gasteiger partial charge in [0.2, 0.25) is 15.9 Å². The molecule has 1 aliphatic rings. The molecule has 0 saturated carbocycles. The number of likely N-dealkylation sites (tertiary alicyclic amines) is 1. The van der Waals surface area contributed by atoms with E-state index in [-0.39, 0.29) is 11.7 Å². The van der Waals surface area contributed by atoms with Crippen molar-refractivity contribution in [3.8, 4) is 0 Å². The minimum Gasteiger partial charge on any atom is -0.341 e. The van der Waals surface area contributed by atoms with Crippen LogP contribution in [0.5, 0.6) is 0 Å². The summed E-state index contributed by atoms with van der Waals surface area (Å²) in [7, 11) is -3.39. The highest BCUT2D eigenvalue weighted by Gasteiger charge is 2.30. The van der Waals surface area contributed by atoms with Crippen LogP contribution in [0.3, 0.4) is 0 Å². The monoisotopic (exact) mass is 398 g/mol. The summed E-state index contributed by atoms with van der Waals surface area (Å²) in [5, 5.41) is 0. The molecule has 0 aliphatic carbocycles. The van der Waals surface area contributed by atoms with Gasteiger partial charge in [0.15, 0.2) is 0 Å². The van der Waals surface area contributed by atoms with Crippen molar-refractivity contribution < 1.29 is 13.2 Å². The number of hydrogen-bond acceptors (Lipinski definition) is 4. The van der Waals surface area contributed by atoms with Crippen LogP contribution in [0.4, 0.5) is 0 Å². The van der Waals surface area contributed by atoms with E-state index >= 15 is 0 Å². The van der Waals surface area contributed by atoms with Crippen LogP contribution >= 0.6 is 11.8 Å². The number of nitrogens with one attached hydrogen (secondary N) is 1. The van der Waals surface area contributed by atoms with Crippen molar-refractivity contribution in [2.45, 2.75) is 38.6 Å². The Morgan fingerprint density at radius 2 is 1.92 bits per heavy atom. The third-order valence-corrected chi connectivity index (χ3v) is 6.95. The Bertz CT molecular complexity index is 657. The van der Waals surface area contributed by atoms with Gasteiger partial charge in [-0.15, -0.1) is 0 Å². The Morgan fingerprint density at radius 3 is 2.50 bits per heavy atom. The topological polar surface area (TPSA) is 66.5 Å². The fourth-order valence-corrected chi connectivity index (χ4v) is 4.58. The van der Waals surface area contributed by atoms with Crippen molar-refractivity contribution >= 4 is 27.7 Å². The van der Waals surface area contributed by atoms with E-state index < -0.39 is 16.1 Å². The number of hydrogen-bond donors (Lipinski definition) is 1. The molecule has 1 amide bonds. The molecule has 1 aromatic rings. The van der Waals surface area contributed by atoms with Crippen molar-refractivity contribution in [3.05, 3.63) is 35.9 Å². The van der Waals surface area contributed by atoms with Gasteiger partial charge in [0.1, 0.15) is 6.04 Å². The van der Waals surface area contributed by atoms with E-state index in [1.165, 1.54) is 5.56 Å². The average molecular weight is 399 g/mol. The fourth-order valence-electron chi connectivity index (χ4n) is 3.29. The molecule has 0 aromatic heterocycles. The number of amides is 1. The molecular weight excluding hydrogens is 368 g/mol. The van der Waals surface area contributed by atoms with Gasteiger partial charge in [0.05, 0.1) is 5.75 Å². The van der Waals surface area contributed by atoms with Crippen LogP contribution in [-0.2, 0) is 21.2 Å². The maximum atomic E-state index is 12.9. The maximum Gasteiger partial charge on any atom is 0.240 e. The van der Waals surface area contributed by atoms with Crippen molar-refractivity contribution in [1.29, 1.82) is 0 Å². The standard InChI is InChI=1S/C19H30N2O3S2/c1-3-26(23,24)20-18(11-14-25-2)19(22)21-12-9-17(10-13-21)15-16-7-5-4-6-8-16/h4-8,17-18,20H,3,9-15H2,1-2H3. The summed E-state index contributed by atoms with van der Waals surface area (Å²) in [6.07, 6.45) is 5.47. The molecule has 1 atom stereocenters. The third kappa shape index (κ3) is 6.59. The van der Waals surface area contributed by atoms with Gasteiger partial charge in [-0.05, 0) is 56.1 Å². The highest BCUT2D eigenvalue weighted by Crippen LogP contribution is 2.22. The summed E-state index contributed by atoms with van der Waals surface area (Å²) in [5.41, 5.74) is 1.34. The third-order valence-electron chi connectivity index (χ3n) is 4.90. The SMILES string of the molecule is CCS(=O)(=O)NC(CCSC)C(=O)N1CCC(Cc2ccccc2)CC1. The van der Waals surface area contributed by atoms with E-state index in [1.807, 2.05) is 17.2 Å². The van der Waals surface area contributed by atoms with Gasteiger partial charge < -0.3 is 4.90 Å². The lowest BCUT2D eigenvalue weighted by Crippen LogP contribution is -2.51. The number of carbonyl (C=O) groups excluding carboxylic acids is 1. The number of nitrogens with zero attached hydrogens (tertiary/aromatic N) is 1. The molecule has 1 fully saturated rings. The largest absolute Gasteiger partial charge is 0.341 e. The summed E-state index contributed by atoms with van der Waals surface area (Å²) in [6, 6.07) is 9.80. The molecular formula is C19H30N2O3S2. The van der Waals surface area contributed by atoms with E-state index in [4.69, 9.17) is 0 Å². The van der Waals surface area contributed by atoms with Gasteiger partial charge in [-0.25, -0.2) is 13.1 Å². The molecule has 0 spiro atoms. The van der Waals surface area contributed by atoms with E-state index in [1.54, 1.807) is 18.7 Å². The second kappa shape index (κ2) is 10.3. The second-order valence-electron chi connectivity index (χ2n) is 6.81. The number of benzene rings is 1. The van der Waals surface area contributed by atoms with Gasteiger partial charge in [-0.2, -0.15) is 11.8 Å². The molecule has 1 unspecified atom stereocenters. The van der Waals surface area contributed by atoms with E-state index in [2.05, 4.69) is 29.0 Å². The first-order chi connectivity index (χ1) is 12.4. The Balaban J connectivity index is 1.91. The van der Waals surface area contributed by atoms with Crippen LogP contribution in [0.25, 0.3) is 0 Å². The molecule has 26 heavy (non-hydrogen) atoms. The summed E-state index contributed by atoms with van der Waals surface area (Å²) < 4.78 is 26.4. The highest BCUT2D eigenvalue weighted by molar-refractivity contribution is 7.98. The minimum atomic E-state index is -3.39. The quantitative estimate of drug-likeness (QED) is 0.694. The zero-order chi connectivity index (χ0) is 19.0. The lowest BCUT2D eigenvalue weighted by molar-refractivity contribution is -0.134. The van der Waals surface area contributed by atoms with Crippen molar-refractivity contribution in [1.82, 2.24) is 9.62 Å². The molecule has 0 radical (unpaired) electrons. The first kappa shape index (κ1) is 21.3. The molecule has 146 valence electrons. The number of thioether (sulfide) groups is 1. The zero-order valence-corrected chi connectivity index (χ0v) is 17.3. The molecule has 1 N–H and O–H groups in total. The van der Waals surface area contributed by atoms with Crippen molar-refractivity contribution in [3.63, 3.8) is 0 Å². The van der Waals surface area contributed by atoms with Gasteiger partial charge in [-0.3, -0.25) is 4.79 Å². The van der Waals surface area contributed by atoms with Crippen molar-refractivity contribution in [2.75, 3.05) is 30.9 Å².